The molecule has 0 heterocycles. The molecule has 0 amide bonds. The van der Waals surface area contributed by atoms with E-state index in [-0.39, 0.29) is 0 Å². The Morgan fingerprint density at radius 2 is 1.74 bits per heavy atom. The van der Waals surface area contributed by atoms with E-state index in [4.69, 9.17) is 4.74 Å². The highest BCUT2D eigenvalue weighted by molar-refractivity contribution is 9.10. The molecule has 0 saturated carbocycles. The summed E-state index contributed by atoms with van der Waals surface area (Å²) in [6.07, 6.45) is 0.513. The van der Waals surface area contributed by atoms with Gasteiger partial charge >= 0.3 is 0 Å². The van der Waals surface area contributed by atoms with E-state index in [0.29, 0.717) is 6.42 Å². The van der Waals surface area contributed by atoms with Gasteiger partial charge in [-0.05, 0) is 36.2 Å². The lowest BCUT2D eigenvalue weighted by Gasteiger charge is -2.25. The minimum atomic E-state index is -0.921. The van der Waals surface area contributed by atoms with Gasteiger partial charge in [0.2, 0.25) is 0 Å². The summed E-state index contributed by atoms with van der Waals surface area (Å²) in [6.45, 7) is 1.82. The largest absolute Gasteiger partial charge is 0.496 e. The second kappa shape index (κ2) is 5.76. The molecule has 0 aromatic heterocycles. The summed E-state index contributed by atoms with van der Waals surface area (Å²) in [5.74, 6) is 0.805. The number of hydrogen-bond acceptors (Lipinski definition) is 2. The van der Waals surface area contributed by atoms with Crippen LogP contribution in [0.15, 0.2) is 53.0 Å². The number of rotatable bonds is 4. The number of hydrogen-bond donors (Lipinski definition) is 1. The van der Waals surface area contributed by atoms with Crippen molar-refractivity contribution < 1.29 is 9.84 Å². The second-order valence-corrected chi connectivity index (χ2v) is 5.69. The molecule has 0 aliphatic heterocycles. The van der Waals surface area contributed by atoms with Gasteiger partial charge < -0.3 is 9.84 Å². The molecule has 0 spiro atoms. The Morgan fingerprint density at radius 1 is 1.11 bits per heavy atom. The van der Waals surface area contributed by atoms with Crippen LogP contribution in [0.4, 0.5) is 0 Å². The Balaban J connectivity index is 2.27. The molecule has 2 aromatic rings. The fraction of sp³-hybridized carbons (Fsp3) is 0.250. The van der Waals surface area contributed by atoms with E-state index in [1.165, 1.54) is 0 Å². The van der Waals surface area contributed by atoms with Gasteiger partial charge in [0.1, 0.15) is 5.75 Å². The van der Waals surface area contributed by atoms with E-state index < -0.39 is 5.60 Å². The molecule has 0 aliphatic rings. The van der Waals surface area contributed by atoms with Crippen LogP contribution in [0.25, 0.3) is 0 Å². The average Bonchev–Trinajstić information content (AvgIpc) is 2.39. The monoisotopic (exact) mass is 320 g/mol. The highest BCUT2D eigenvalue weighted by Crippen LogP contribution is 2.30. The van der Waals surface area contributed by atoms with Crippen molar-refractivity contribution in [3.05, 3.63) is 64.1 Å². The van der Waals surface area contributed by atoms with Gasteiger partial charge in [-0.25, -0.2) is 0 Å². The molecular weight excluding hydrogens is 304 g/mol. The Bertz CT molecular complexity index is 547. The van der Waals surface area contributed by atoms with Crippen LogP contribution in [0.5, 0.6) is 5.75 Å². The van der Waals surface area contributed by atoms with Crippen molar-refractivity contribution in [2.75, 3.05) is 7.11 Å². The lowest BCUT2D eigenvalue weighted by atomic mass is 9.89. The number of ether oxygens (including phenoxy) is 1. The zero-order valence-electron chi connectivity index (χ0n) is 11.1. The van der Waals surface area contributed by atoms with Crippen molar-refractivity contribution >= 4 is 15.9 Å². The first-order valence-corrected chi connectivity index (χ1v) is 6.92. The van der Waals surface area contributed by atoms with Crippen molar-refractivity contribution in [1.29, 1.82) is 0 Å². The summed E-state index contributed by atoms with van der Waals surface area (Å²) in [5.41, 5.74) is 0.967. The van der Waals surface area contributed by atoms with Gasteiger partial charge in [0, 0.05) is 10.9 Å². The van der Waals surface area contributed by atoms with E-state index in [1.807, 2.05) is 55.5 Å². The molecule has 0 saturated heterocycles. The molecule has 2 rings (SSSR count). The highest BCUT2D eigenvalue weighted by Gasteiger charge is 2.24. The quantitative estimate of drug-likeness (QED) is 0.925. The molecule has 0 aliphatic carbocycles. The first-order chi connectivity index (χ1) is 9.03. The van der Waals surface area contributed by atoms with Gasteiger partial charge in [0.15, 0.2) is 0 Å². The zero-order chi connectivity index (χ0) is 13.9. The zero-order valence-corrected chi connectivity index (χ0v) is 12.6. The first kappa shape index (κ1) is 14.1. The first-order valence-electron chi connectivity index (χ1n) is 6.13. The molecule has 2 nitrogen and oxygen atoms in total. The maximum atomic E-state index is 10.7. The summed E-state index contributed by atoms with van der Waals surface area (Å²) in [4.78, 5) is 0. The normalized spacial score (nSPS) is 13.9. The lowest BCUT2D eigenvalue weighted by molar-refractivity contribution is 0.0569. The molecule has 0 fully saturated rings. The Morgan fingerprint density at radius 3 is 2.37 bits per heavy atom. The van der Waals surface area contributed by atoms with E-state index in [0.717, 1.165) is 21.3 Å². The molecule has 1 N–H and O–H groups in total. The summed E-state index contributed by atoms with van der Waals surface area (Å²) in [6, 6.07) is 15.5. The minimum Gasteiger partial charge on any atom is -0.496 e. The predicted octanol–water partition coefficient (Wildman–Crippen LogP) is 3.91. The second-order valence-electron chi connectivity index (χ2n) is 4.77. The number of aliphatic hydroxyl groups is 1. The molecular formula is C16H17BrO2. The van der Waals surface area contributed by atoms with Crippen LogP contribution < -0.4 is 4.74 Å². The van der Waals surface area contributed by atoms with Crippen LogP contribution in [-0.2, 0) is 12.0 Å². The highest BCUT2D eigenvalue weighted by atomic mass is 79.9. The van der Waals surface area contributed by atoms with Crippen LogP contribution in [0, 0.1) is 0 Å². The van der Waals surface area contributed by atoms with Crippen LogP contribution in [0.1, 0.15) is 18.1 Å². The number of halogens is 1. The lowest BCUT2D eigenvalue weighted by Crippen LogP contribution is -2.24. The fourth-order valence-electron chi connectivity index (χ4n) is 2.13. The Labute approximate surface area is 122 Å². The predicted molar refractivity (Wildman–Crippen MR) is 80.4 cm³/mol. The van der Waals surface area contributed by atoms with Crippen molar-refractivity contribution in [3.8, 4) is 5.75 Å². The summed E-state index contributed by atoms with van der Waals surface area (Å²) >= 11 is 3.40. The van der Waals surface area contributed by atoms with E-state index in [9.17, 15) is 5.11 Å². The third-order valence-corrected chi connectivity index (χ3v) is 3.72. The van der Waals surface area contributed by atoms with Crippen LogP contribution in [0.2, 0.25) is 0 Å². The summed E-state index contributed by atoms with van der Waals surface area (Å²) < 4.78 is 6.33. The van der Waals surface area contributed by atoms with Crippen molar-refractivity contribution in [2.45, 2.75) is 18.9 Å². The smallest absolute Gasteiger partial charge is 0.122 e. The molecule has 1 unspecified atom stereocenters. The third kappa shape index (κ3) is 3.37. The van der Waals surface area contributed by atoms with E-state index in [1.54, 1.807) is 7.11 Å². The van der Waals surface area contributed by atoms with Crippen molar-refractivity contribution in [3.63, 3.8) is 0 Å². The van der Waals surface area contributed by atoms with Crippen LogP contribution >= 0.6 is 15.9 Å². The maximum Gasteiger partial charge on any atom is 0.122 e. The number of benzene rings is 2. The molecule has 100 valence electrons. The van der Waals surface area contributed by atoms with Crippen LogP contribution in [0.3, 0.4) is 0 Å². The molecule has 0 bridgehead atoms. The van der Waals surface area contributed by atoms with Crippen molar-refractivity contribution in [1.82, 2.24) is 0 Å². The van der Waals surface area contributed by atoms with Gasteiger partial charge in [-0.1, -0.05) is 46.3 Å². The summed E-state index contributed by atoms with van der Waals surface area (Å²) in [5, 5.41) is 10.7. The molecule has 1 atom stereocenters. The fourth-order valence-corrected chi connectivity index (χ4v) is 2.40. The van der Waals surface area contributed by atoms with Gasteiger partial charge in [-0.3, -0.25) is 0 Å². The minimum absolute atomic E-state index is 0.513. The van der Waals surface area contributed by atoms with Gasteiger partial charge in [-0.15, -0.1) is 0 Å². The standard InChI is InChI=1S/C16H17BrO2/c1-16(18,13-7-9-14(17)10-8-13)11-12-5-3-4-6-15(12)19-2/h3-10,18H,11H2,1-2H3. The Kier molecular flexibility index (Phi) is 4.27. The molecule has 19 heavy (non-hydrogen) atoms. The maximum absolute atomic E-state index is 10.7. The van der Waals surface area contributed by atoms with E-state index >= 15 is 0 Å². The summed E-state index contributed by atoms with van der Waals surface area (Å²) in [7, 11) is 1.65. The SMILES string of the molecule is COc1ccccc1CC(C)(O)c1ccc(Br)cc1. The Hall–Kier alpha value is -1.32. The van der Waals surface area contributed by atoms with E-state index in [2.05, 4.69) is 15.9 Å². The number of para-hydroxylation sites is 1. The van der Waals surface area contributed by atoms with Gasteiger partial charge in [-0.2, -0.15) is 0 Å². The topological polar surface area (TPSA) is 29.5 Å². The third-order valence-electron chi connectivity index (χ3n) is 3.19. The van der Waals surface area contributed by atoms with Gasteiger partial charge in [0.05, 0.1) is 12.7 Å². The number of methoxy groups -OCH3 is 1. The van der Waals surface area contributed by atoms with Crippen molar-refractivity contribution in [2.24, 2.45) is 0 Å². The average molecular weight is 321 g/mol. The molecule has 3 heteroatoms. The molecule has 0 radical (unpaired) electrons. The van der Waals surface area contributed by atoms with Gasteiger partial charge in [0.25, 0.3) is 0 Å². The molecule has 2 aromatic carbocycles. The van der Waals surface area contributed by atoms with Crippen LogP contribution in [-0.4, -0.2) is 12.2 Å².